The van der Waals surface area contributed by atoms with Crippen LogP contribution < -0.4 is 26.2 Å². The Hall–Kier alpha value is -5.74. The average molecular weight is 814 g/mol. The van der Waals surface area contributed by atoms with Crippen LogP contribution in [0.15, 0.2) is 74.1 Å². The number of imide groups is 1. The van der Waals surface area contributed by atoms with Crippen LogP contribution in [-0.4, -0.2) is 106 Å². The summed E-state index contributed by atoms with van der Waals surface area (Å²) in [4.78, 5) is 62.9. The number of carbonyl (C=O) groups excluding carboxylic acids is 4. The van der Waals surface area contributed by atoms with Gasteiger partial charge in [-0.3, -0.25) is 34.3 Å². The topological polar surface area (TPSA) is 177 Å². The van der Waals surface area contributed by atoms with Crippen molar-refractivity contribution in [1.29, 1.82) is 0 Å². The van der Waals surface area contributed by atoms with Gasteiger partial charge < -0.3 is 26.0 Å². The number of amides is 4. The molecule has 3 aliphatic heterocycles. The van der Waals surface area contributed by atoms with Crippen molar-refractivity contribution in [2.45, 2.75) is 69.4 Å². The minimum atomic E-state index is -0.792. The van der Waals surface area contributed by atoms with Crippen LogP contribution >= 0.6 is 0 Å². The van der Waals surface area contributed by atoms with E-state index in [0.29, 0.717) is 74.6 Å². The summed E-state index contributed by atoms with van der Waals surface area (Å²) in [6, 6.07) is 11.0. The Balaban J connectivity index is 0.000000236. The monoisotopic (exact) mass is 813 g/mol. The highest BCUT2D eigenvalue weighted by molar-refractivity contribution is 6.03. The van der Waals surface area contributed by atoms with Crippen molar-refractivity contribution < 1.29 is 33.1 Å². The largest absolute Gasteiger partial charge is 0.388 e. The zero-order chi connectivity index (χ0) is 42.1. The molecule has 314 valence electrons. The second-order valence-corrected chi connectivity index (χ2v) is 15.5. The SMILES string of the molecule is C=CC(=O)N(C=C)c1cccc(-c2nc(N)ncc2F)c1.O=C1CCC(Nc2ccc(N3CCN(CC4(O)CCN(C(=O)C5CCCCC5)CC4)CC3)c(F)c2)C(=O)N1. The third-order valence-corrected chi connectivity index (χ3v) is 11.5. The number of halogens is 2. The number of β-amino-alcohol motifs (C(OH)–C–C–N with tert-alkyl or cyclic N) is 1. The highest BCUT2D eigenvalue weighted by atomic mass is 19.1. The van der Waals surface area contributed by atoms with E-state index in [-0.39, 0.29) is 53.4 Å². The molecule has 0 bridgehead atoms. The molecule has 1 unspecified atom stereocenters. The van der Waals surface area contributed by atoms with Crippen LogP contribution in [0, 0.1) is 17.6 Å². The average Bonchev–Trinajstić information content (AvgIpc) is 3.24. The van der Waals surface area contributed by atoms with E-state index < -0.39 is 17.5 Å². The van der Waals surface area contributed by atoms with E-state index in [1.165, 1.54) is 23.6 Å². The number of carbonyl (C=O) groups is 4. The number of nitrogens with one attached hydrogen (secondary N) is 2. The maximum Gasteiger partial charge on any atom is 0.254 e. The first kappa shape index (κ1) is 42.9. The van der Waals surface area contributed by atoms with Crippen LogP contribution in [0.1, 0.15) is 57.8 Å². The summed E-state index contributed by atoms with van der Waals surface area (Å²) in [5.41, 5.74) is 6.77. The molecule has 1 aromatic heterocycles. The fourth-order valence-electron chi connectivity index (χ4n) is 8.17. The van der Waals surface area contributed by atoms with Crippen LogP contribution in [0.25, 0.3) is 11.3 Å². The third kappa shape index (κ3) is 10.9. The lowest BCUT2D eigenvalue weighted by Gasteiger charge is -2.44. The number of piperazine rings is 1. The van der Waals surface area contributed by atoms with Crippen LogP contribution in [-0.2, 0) is 19.2 Å². The number of aliphatic hydroxyl groups is 1. The molecule has 2 aromatic carbocycles. The van der Waals surface area contributed by atoms with Gasteiger partial charge in [-0.25, -0.2) is 18.7 Å². The second kappa shape index (κ2) is 19.3. The van der Waals surface area contributed by atoms with Crippen molar-refractivity contribution in [3.05, 3.63) is 85.7 Å². The first-order valence-corrected chi connectivity index (χ1v) is 20.2. The van der Waals surface area contributed by atoms with E-state index in [1.807, 2.05) is 9.80 Å². The summed E-state index contributed by atoms with van der Waals surface area (Å²) in [5, 5.41) is 16.6. The summed E-state index contributed by atoms with van der Waals surface area (Å²) in [5.74, 6) is -1.54. The lowest BCUT2D eigenvalue weighted by molar-refractivity contribution is -0.141. The molecule has 0 spiro atoms. The van der Waals surface area contributed by atoms with Gasteiger partial charge in [0.15, 0.2) is 5.82 Å². The van der Waals surface area contributed by atoms with E-state index in [1.54, 1.807) is 36.4 Å². The lowest BCUT2D eigenvalue weighted by Crippen LogP contribution is -2.56. The normalized spacial score (nSPS) is 19.8. The quantitative estimate of drug-likeness (QED) is 0.166. The minimum absolute atomic E-state index is 0.0282. The Morgan fingerprint density at radius 3 is 2.37 bits per heavy atom. The number of rotatable bonds is 10. The molecule has 16 heteroatoms. The van der Waals surface area contributed by atoms with Gasteiger partial charge in [-0.05, 0) is 68.5 Å². The molecule has 4 aliphatic rings. The van der Waals surface area contributed by atoms with Gasteiger partial charge in [0.2, 0.25) is 23.7 Å². The van der Waals surface area contributed by atoms with Crippen LogP contribution in [0.5, 0.6) is 0 Å². The van der Waals surface area contributed by atoms with Gasteiger partial charge in [0.1, 0.15) is 17.6 Å². The van der Waals surface area contributed by atoms with Crippen molar-refractivity contribution in [2.75, 3.05) is 66.7 Å². The molecule has 4 heterocycles. The van der Waals surface area contributed by atoms with Gasteiger partial charge >= 0.3 is 0 Å². The number of hydrogen-bond donors (Lipinski definition) is 4. The van der Waals surface area contributed by atoms with Gasteiger partial charge in [0, 0.05) is 81.3 Å². The number of likely N-dealkylation sites (tertiary alicyclic amines) is 1. The van der Waals surface area contributed by atoms with E-state index >= 15 is 0 Å². The Bertz CT molecular complexity index is 2030. The summed E-state index contributed by atoms with van der Waals surface area (Å²) < 4.78 is 28.8. The molecule has 4 fully saturated rings. The minimum Gasteiger partial charge on any atom is -0.388 e. The maximum absolute atomic E-state index is 15.0. The van der Waals surface area contributed by atoms with Crippen molar-refractivity contribution in [1.82, 2.24) is 25.1 Å². The molecular formula is C43H53F2N9O5. The molecule has 3 saturated heterocycles. The van der Waals surface area contributed by atoms with Crippen LogP contribution in [0.2, 0.25) is 0 Å². The number of nitrogen functional groups attached to an aromatic ring is 1. The lowest BCUT2D eigenvalue weighted by atomic mass is 9.86. The molecular weight excluding hydrogens is 761 g/mol. The molecule has 7 rings (SSSR count). The first-order valence-electron chi connectivity index (χ1n) is 20.2. The van der Waals surface area contributed by atoms with Crippen molar-refractivity contribution >= 4 is 46.6 Å². The summed E-state index contributed by atoms with van der Waals surface area (Å²) in [7, 11) is 0. The number of aromatic nitrogens is 2. The molecule has 4 amide bonds. The number of nitrogens with two attached hydrogens (primary N) is 1. The third-order valence-electron chi connectivity index (χ3n) is 11.5. The summed E-state index contributed by atoms with van der Waals surface area (Å²) >= 11 is 0. The molecule has 14 nitrogen and oxygen atoms in total. The second-order valence-electron chi connectivity index (χ2n) is 15.5. The van der Waals surface area contributed by atoms with Gasteiger partial charge in [0.05, 0.1) is 17.5 Å². The smallest absolute Gasteiger partial charge is 0.254 e. The van der Waals surface area contributed by atoms with Gasteiger partial charge in [-0.2, -0.15) is 0 Å². The molecule has 1 saturated carbocycles. The zero-order valence-electron chi connectivity index (χ0n) is 33.3. The Morgan fingerprint density at radius 2 is 1.71 bits per heavy atom. The summed E-state index contributed by atoms with van der Waals surface area (Å²) in [6.45, 7) is 11.6. The number of nitrogens with zero attached hydrogens (tertiary/aromatic N) is 6. The predicted molar refractivity (Wildman–Crippen MR) is 222 cm³/mol. The molecule has 1 aliphatic carbocycles. The molecule has 3 aromatic rings. The molecule has 1 atom stereocenters. The van der Waals surface area contributed by atoms with Crippen LogP contribution in [0.4, 0.5) is 31.8 Å². The first-order chi connectivity index (χ1) is 28.4. The van der Waals surface area contributed by atoms with E-state index in [0.717, 1.165) is 51.0 Å². The number of anilines is 4. The number of piperidine rings is 2. The Labute approximate surface area is 343 Å². The maximum atomic E-state index is 15.0. The summed E-state index contributed by atoms with van der Waals surface area (Å²) in [6.07, 6.45) is 10.9. The number of benzene rings is 2. The Kier molecular flexibility index (Phi) is 14.0. The van der Waals surface area contributed by atoms with E-state index in [9.17, 15) is 33.1 Å². The van der Waals surface area contributed by atoms with E-state index in [4.69, 9.17) is 5.73 Å². The number of hydrogen-bond acceptors (Lipinski definition) is 11. The van der Waals surface area contributed by atoms with E-state index in [2.05, 4.69) is 38.7 Å². The van der Waals surface area contributed by atoms with Crippen molar-refractivity contribution in [3.8, 4) is 11.3 Å². The predicted octanol–water partition coefficient (Wildman–Crippen LogP) is 4.63. The molecule has 5 N–H and O–H groups in total. The zero-order valence-corrected chi connectivity index (χ0v) is 33.3. The van der Waals surface area contributed by atoms with Crippen LogP contribution in [0.3, 0.4) is 0 Å². The standard InChI is InChI=1S/C28H40FN5O4.C15H13FN4O/c29-22-18-21(30-23-7-9-25(35)31-26(23)36)6-8-24(22)33-16-14-32(15-17-33)19-28(38)10-12-34(13-11-28)27(37)20-4-2-1-3-5-20;1-3-13(21)20(4-2)11-7-5-6-10(8-11)14-12(16)9-18-15(17)19-14/h6,8,18,20,23,30,38H,1-5,7,9-17,19H2,(H,31,35,36);3-9H,1-2H2,(H2,17,18,19). The van der Waals surface area contributed by atoms with Crippen molar-refractivity contribution in [2.24, 2.45) is 5.92 Å². The highest BCUT2D eigenvalue weighted by Crippen LogP contribution is 2.31. The fraction of sp³-hybridized carbons (Fsp3) is 0.442. The molecule has 59 heavy (non-hydrogen) atoms. The van der Waals surface area contributed by atoms with Gasteiger partial charge in [-0.1, -0.05) is 44.6 Å². The van der Waals surface area contributed by atoms with Gasteiger partial charge in [0.25, 0.3) is 5.91 Å². The fourth-order valence-corrected chi connectivity index (χ4v) is 8.17. The highest BCUT2D eigenvalue weighted by Gasteiger charge is 2.38. The van der Waals surface area contributed by atoms with Gasteiger partial charge in [-0.15, -0.1) is 0 Å². The Morgan fingerprint density at radius 1 is 0.983 bits per heavy atom. The van der Waals surface area contributed by atoms with Crippen molar-refractivity contribution in [3.63, 3.8) is 0 Å². The molecule has 0 radical (unpaired) electrons.